The van der Waals surface area contributed by atoms with Crippen LogP contribution in [0.3, 0.4) is 0 Å². The van der Waals surface area contributed by atoms with E-state index in [9.17, 15) is 9.59 Å². The Bertz CT molecular complexity index is 3260. The SMILES string of the molecule is CN(Cc1cc2c(cn1)OCCO2)C1CCN(CCn2c(=O)cnc3ccc(-n4cncn4)nc32)CC1.O=c1cnc2ccc(-n3cncn3)nc2n1CCN1CCC(NCc2cc3c(cn2)OCCO3)CC1. The first-order chi connectivity index (χ1) is 35.9. The van der Waals surface area contributed by atoms with Gasteiger partial charge in [-0.1, -0.05) is 0 Å². The van der Waals surface area contributed by atoms with Crippen LogP contribution in [0.4, 0.5) is 0 Å². The third-order valence-corrected chi connectivity index (χ3v) is 13.7. The maximum atomic E-state index is 12.7. The normalized spacial score (nSPS) is 16.5. The van der Waals surface area contributed by atoms with E-state index in [0.29, 0.717) is 97.9 Å². The molecule has 12 rings (SSSR count). The highest BCUT2D eigenvalue weighted by atomic mass is 16.6. The molecule has 24 nitrogen and oxygen atoms in total. The van der Waals surface area contributed by atoms with Crippen LogP contribution in [0, 0.1) is 0 Å². The van der Waals surface area contributed by atoms with Gasteiger partial charge in [-0.3, -0.25) is 33.6 Å². The fourth-order valence-corrected chi connectivity index (χ4v) is 9.62. The molecule has 0 unspecified atom stereocenters. The smallest absolute Gasteiger partial charge is 0.270 e. The first-order valence-electron chi connectivity index (χ1n) is 24.7. The first-order valence-corrected chi connectivity index (χ1v) is 24.7. The van der Waals surface area contributed by atoms with Crippen molar-refractivity contribution in [3.05, 3.63) is 119 Å². The number of likely N-dealkylation sites (tertiary alicyclic amines) is 2. The molecule has 2 fully saturated rings. The third-order valence-electron chi connectivity index (χ3n) is 13.7. The quantitative estimate of drug-likeness (QED) is 0.164. The molecule has 0 radical (unpaired) electrons. The second kappa shape index (κ2) is 21.9. The van der Waals surface area contributed by atoms with Crippen molar-refractivity contribution < 1.29 is 18.9 Å². The molecule has 0 saturated carbocycles. The van der Waals surface area contributed by atoms with Gasteiger partial charge in [-0.15, -0.1) is 0 Å². The summed E-state index contributed by atoms with van der Waals surface area (Å²) < 4.78 is 29.0. The van der Waals surface area contributed by atoms with Gasteiger partial charge < -0.3 is 34.1 Å². The zero-order valence-corrected chi connectivity index (χ0v) is 40.5. The minimum atomic E-state index is -0.158. The molecule has 378 valence electrons. The molecule has 24 heteroatoms. The second-order valence-electron chi connectivity index (χ2n) is 18.3. The van der Waals surface area contributed by atoms with Crippen molar-refractivity contribution in [3.63, 3.8) is 0 Å². The molecule has 0 aliphatic carbocycles. The van der Waals surface area contributed by atoms with Crippen LogP contribution < -0.4 is 35.4 Å². The molecule has 0 bridgehead atoms. The van der Waals surface area contributed by atoms with Gasteiger partial charge in [0.2, 0.25) is 0 Å². The van der Waals surface area contributed by atoms with Gasteiger partial charge in [0.15, 0.2) is 45.9 Å². The Morgan fingerprint density at radius 3 is 1.60 bits per heavy atom. The van der Waals surface area contributed by atoms with Crippen molar-refractivity contribution >= 4 is 22.3 Å². The van der Waals surface area contributed by atoms with Crippen LogP contribution in [-0.4, -0.2) is 168 Å². The Morgan fingerprint density at radius 2 is 1.08 bits per heavy atom. The third kappa shape index (κ3) is 11.2. The Balaban J connectivity index is 0.000000157. The summed E-state index contributed by atoms with van der Waals surface area (Å²) in [5, 5.41) is 11.9. The molecule has 0 atom stereocenters. The topological polar surface area (TPSA) is 241 Å². The summed E-state index contributed by atoms with van der Waals surface area (Å²) in [6, 6.07) is 12.2. The lowest BCUT2D eigenvalue weighted by molar-refractivity contribution is 0.119. The van der Waals surface area contributed by atoms with E-state index in [-0.39, 0.29) is 11.1 Å². The van der Waals surface area contributed by atoms with Crippen molar-refractivity contribution in [2.75, 3.05) is 72.7 Å². The molecule has 0 spiro atoms. The molecule has 8 aromatic heterocycles. The van der Waals surface area contributed by atoms with Gasteiger partial charge in [-0.25, -0.2) is 39.3 Å². The number of pyridine rings is 4. The highest BCUT2D eigenvalue weighted by Crippen LogP contribution is 2.31. The largest absolute Gasteiger partial charge is 0.486 e. The van der Waals surface area contributed by atoms with Crippen molar-refractivity contribution in [2.24, 2.45) is 0 Å². The molecular weight excluding hydrogens is 937 g/mol. The van der Waals surface area contributed by atoms with Crippen LogP contribution in [0.15, 0.2) is 96.1 Å². The monoisotopic (exact) mass is 992 g/mol. The predicted octanol–water partition coefficient (Wildman–Crippen LogP) is 1.93. The molecular formula is C49H56N18O6. The van der Waals surface area contributed by atoms with Gasteiger partial charge in [0.1, 0.15) is 62.8 Å². The van der Waals surface area contributed by atoms with Crippen molar-refractivity contribution in [3.8, 4) is 34.6 Å². The van der Waals surface area contributed by atoms with Gasteiger partial charge in [0, 0.05) is 63.5 Å². The van der Waals surface area contributed by atoms with Crippen molar-refractivity contribution in [1.29, 1.82) is 0 Å². The van der Waals surface area contributed by atoms with E-state index in [0.717, 1.165) is 100 Å². The van der Waals surface area contributed by atoms with E-state index >= 15 is 0 Å². The number of aromatic nitrogens is 14. The molecule has 2 saturated heterocycles. The summed E-state index contributed by atoms with van der Waals surface area (Å²) in [4.78, 5) is 67.3. The van der Waals surface area contributed by atoms with Crippen LogP contribution in [0.25, 0.3) is 34.0 Å². The van der Waals surface area contributed by atoms with E-state index < -0.39 is 0 Å². The number of fused-ring (bicyclic) bond motifs is 4. The molecule has 12 heterocycles. The average Bonchev–Trinajstić information content (AvgIpc) is 4.19. The molecule has 4 aliphatic rings. The van der Waals surface area contributed by atoms with Crippen LogP contribution in [-0.2, 0) is 26.2 Å². The van der Waals surface area contributed by atoms with E-state index in [2.05, 4.69) is 77.1 Å². The lowest BCUT2D eigenvalue weighted by Gasteiger charge is -2.36. The Kier molecular flexibility index (Phi) is 14.3. The van der Waals surface area contributed by atoms with E-state index in [1.54, 1.807) is 43.5 Å². The maximum Gasteiger partial charge on any atom is 0.270 e. The first kappa shape index (κ1) is 47.5. The number of ether oxygens (including phenoxy) is 4. The zero-order valence-electron chi connectivity index (χ0n) is 40.5. The summed E-state index contributed by atoms with van der Waals surface area (Å²) in [6.07, 6.45) is 16.5. The van der Waals surface area contributed by atoms with E-state index in [4.69, 9.17) is 18.9 Å². The summed E-state index contributed by atoms with van der Waals surface area (Å²) in [5.41, 5.74) is 4.08. The van der Waals surface area contributed by atoms with Gasteiger partial charge in [-0.05, 0) is 83.2 Å². The number of hydrogen-bond acceptors (Lipinski definition) is 20. The summed E-state index contributed by atoms with van der Waals surface area (Å²) in [7, 11) is 2.15. The Hall–Kier alpha value is -7.80. The maximum absolute atomic E-state index is 12.7. The van der Waals surface area contributed by atoms with Crippen LogP contribution in [0.1, 0.15) is 37.1 Å². The van der Waals surface area contributed by atoms with Gasteiger partial charge >= 0.3 is 0 Å². The molecule has 8 aromatic rings. The van der Waals surface area contributed by atoms with Crippen molar-refractivity contribution in [1.82, 2.24) is 88.6 Å². The minimum absolute atomic E-state index is 0.155. The van der Waals surface area contributed by atoms with Gasteiger partial charge in [0.05, 0.1) is 36.2 Å². The fraction of sp³-hybridized carbons (Fsp3) is 0.429. The van der Waals surface area contributed by atoms with Crippen LogP contribution in [0.2, 0.25) is 0 Å². The number of hydrogen-bond donors (Lipinski definition) is 1. The molecule has 4 aliphatic heterocycles. The Morgan fingerprint density at radius 1 is 0.589 bits per heavy atom. The number of piperidine rings is 2. The molecule has 0 amide bonds. The summed E-state index contributed by atoms with van der Waals surface area (Å²) in [5.74, 6) is 4.18. The zero-order chi connectivity index (χ0) is 49.5. The molecule has 1 N–H and O–H groups in total. The number of nitrogens with one attached hydrogen (secondary N) is 1. The standard InChI is InChI=1S/C25H29N9O3.C24H27N9O3/c1-31(15-18-12-21-22(13-27-18)37-11-10-36-21)19-4-6-32(7-5-19)8-9-33-24(35)14-28-20-2-3-23(30-25(20)33)34-17-26-16-29-34;34-23-14-28-19-1-2-22(33-16-25-15-29-33)30-24(19)32(23)8-7-31-5-3-17(4-6-31)26-12-18-11-20-21(13-27-18)36-10-9-35-20/h2-3,12-14,16-17,19H,4-11,15H2,1H3;1-2,11,13-17,26H,3-10,12H2. The second-order valence-corrected chi connectivity index (χ2v) is 18.3. The highest BCUT2D eigenvalue weighted by molar-refractivity contribution is 5.71. The number of nitrogens with zero attached hydrogens (tertiary/aromatic N) is 17. The van der Waals surface area contributed by atoms with Gasteiger partial charge in [0.25, 0.3) is 11.1 Å². The minimum Gasteiger partial charge on any atom is -0.486 e. The average molecular weight is 993 g/mol. The van der Waals surface area contributed by atoms with E-state index in [1.165, 1.54) is 25.0 Å². The molecule has 0 aromatic carbocycles. The van der Waals surface area contributed by atoms with E-state index in [1.807, 2.05) is 36.4 Å². The predicted molar refractivity (Wildman–Crippen MR) is 265 cm³/mol. The fourth-order valence-electron chi connectivity index (χ4n) is 9.62. The van der Waals surface area contributed by atoms with Crippen LogP contribution >= 0.6 is 0 Å². The summed E-state index contributed by atoms with van der Waals surface area (Å²) in [6.45, 7) is 10.2. The van der Waals surface area contributed by atoms with Crippen LogP contribution in [0.5, 0.6) is 23.0 Å². The summed E-state index contributed by atoms with van der Waals surface area (Å²) >= 11 is 0. The Labute approximate surface area is 418 Å². The highest BCUT2D eigenvalue weighted by Gasteiger charge is 2.25. The lowest BCUT2D eigenvalue weighted by atomic mass is 10.0. The van der Waals surface area contributed by atoms with Crippen molar-refractivity contribution in [2.45, 2.75) is 63.9 Å². The number of rotatable bonds is 14. The lowest BCUT2D eigenvalue weighted by Crippen LogP contribution is -2.44. The molecule has 73 heavy (non-hydrogen) atoms. The van der Waals surface area contributed by atoms with Gasteiger partial charge in [-0.2, -0.15) is 10.2 Å².